The Labute approximate surface area is 117 Å². The summed E-state index contributed by atoms with van der Waals surface area (Å²) in [4.78, 5) is 0. The quantitative estimate of drug-likeness (QED) is 0.849. The normalized spacial score (nSPS) is 12.5. The van der Waals surface area contributed by atoms with Gasteiger partial charge in [0.05, 0.1) is 6.04 Å². The van der Waals surface area contributed by atoms with Gasteiger partial charge in [0.15, 0.2) is 0 Å². The van der Waals surface area contributed by atoms with Crippen molar-refractivity contribution in [2.24, 2.45) is 0 Å². The summed E-state index contributed by atoms with van der Waals surface area (Å²) in [7, 11) is 0. The third-order valence-electron chi connectivity index (χ3n) is 3.19. The van der Waals surface area contributed by atoms with E-state index < -0.39 is 0 Å². The van der Waals surface area contributed by atoms with Gasteiger partial charge in [-0.25, -0.2) is 0 Å². The number of furan rings is 1. The van der Waals surface area contributed by atoms with Crippen molar-refractivity contribution in [3.8, 4) is 0 Å². The molecule has 1 unspecified atom stereocenters. The van der Waals surface area contributed by atoms with Gasteiger partial charge in [-0.2, -0.15) is 0 Å². The number of hydrogen-bond donors (Lipinski definition) is 1. The molecule has 1 aromatic heterocycles. The summed E-state index contributed by atoms with van der Waals surface area (Å²) >= 11 is 3.55. The Hall–Kier alpha value is -1.22. The van der Waals surface area contributed by atoms with Crippen molar-refractivity contribution < 1.29 is 4.42 Å². The Morgan fingerprint density at radius 3 is 2.56 bits per heavy atom. The average molecular weight is 308 g/mol. The van der Waals surface area contributed by atoms with Gasteiger partial charge in [-0.05, 0) is 51.5 Å². The fraction of sp³-hybridized carbons (Fsp3) is 0.333. The molecule has 0 aliphatic rings. The lowest BCUT2D eigenvalue weighted by molar-refractivity contribution is 0.500. The molecule has 0 amide bonds. The maximum absolute atomic E-state index is 5.58. The van der Waals surface area contributed by atoms with Crippen molar-refractivity contribution in [3.05, 3.63) is 51.4 Å². The number of nitrogens with one attached hydrogen (secondary N) is 1. The molecule has 0 aliphatic carbocycles. The fourth-order valence-electron chi connectivity index (χ4n) is 2.16. The minimum Gasteiger partial charge on any atom is -0.466 e. The molecule has 1 atom stereocenters. The zero-order valence-corrected chi connectivity index (χ0v) is 12.8. The van der Waals surface area contributed by atoms with E-state index in [1.165, 1.54) is 11.1 Å². The van der Waals surface area contributed by atoms with Crippen molar-refractivity contribution in [1.82, 2.24) is 0 Å². The standard InChI is InChI=1S/C15H18BrNO/c1-9-8-13(12(4)18-9)11(3)17-15-7-5-6-14(16)10(15)2/h5-8,11,17H,1-4H3. The predicted molar refractivity (Wildman–Crippen MR) is 79.1 cm³/mol. The van der Waals surface area contributed by atoms with Gasteiger partial charge in [0, 0.05) is 15.7 Å². The third-order valence-corrected chi connectivity index (χ3v) is 4.04. The van der Waals surface area contributed by atoms with Crippen molar-refractivity contribution in [2.45, 2.75) is 33.7 Å². The van der Waals surface area contributed by atoms with E-state index in [2.05, 4.69) is 53.3 Å². The average Bonchev–Trinajstić information content (AvgIpc) is 2.64. The van der Waals surface area contributed by atoms with Crippen LogP contribution in [0.3, 0.4) is 0 Å². The van der Waals surface area contributed by atoms with Gasteiger partial charge >= 0.3 is 0 Å². The summed E-state index contributed by atoms with van der Waals surface area (Å²) < 4.78 is 6.70. The van der Waals surface area contributed by atoms with Crippen molar-refractivity contribution in [2.75, 3.05) is 5.32 Å². The largest absolute Gasteiger partial charge is 0.466 e. The van der Waals surface area contributed by atoms with Crippen LogP contribution in [-0.2, 0) is 0 Å². The van der Waals surface area contributed by atoms with E-state index in [-0.39, 0.29) is 6.04 Å². The fourth-order valence-corrected chi connectivity index (χ4v) is 2.52. The molecule has 0 saturated carbocycles. The number of aryl methyl sites for hydroxylation is 2. The molecule has 18 heavy (non-hydrogen) atoms. The molecule has 0 spiro atoms. The van der Waals surface area contributed by atoms with E-state index in [9.17, 15) is 0 Å². The summed E-state index contributed by atoms with van der Waals surface area (Å²) in [6.45, 7) is 8.24. The second kappa shape index (κ2) is 5.19. The van der Waals surface area contributed by atoms with Gasteiger partial charge in [0.25, 0.3) is 0 Å². The van der Waals surface area contributed by atoms with Crippen molar-refractivity contribution >= 4 is 21.6 Å². The van der Waals surface area contributed by atoms with Gasteiger partial charge in [0.2, 0.25) is 0 Å². The number of rotatable bonds is 3. The van der Waals surface area contributed by atoms with Gasteiger partial charge in [-0.3, -0.25) is 0 Å². The lowest BCUT2D eigenvalue weighted by Crippen LogP contribution is -2.08. The predicted octanol–water partition coefficient (Wildman–Crippen LogP) is 5.14. The maximum atomic E-state index is 5.58. The molecule has 2 nitrogen and oxygen atoms in total. The van der Waals surface area contributed by atoms with E-state index >= 15 is 0 Å². The summed E-state index contributed by atoms with van der Waals surface area (Å²) in [5, 5.41) is 3.53. The lowest BCUT2D eigenvalue weighted by atomic mass is 10.1. The van der Waals surface area contributed by atoms with Crippen LogP contribution >= 0.6 is 15.9 Å². The van der Waals surface area contributed by atoms with Crippen LogP contribution in [0.2, 0.25) is 0 Å². The Bertz CT molecular complexity index is 560. The van der Waals surface area contributed by atoms with E-state index in [4.69, 9.17) is 4.42 Å². The molecule has 0 saturated heterocycles. The second-order valence-corrected chi connectivity index (χ2v) is 5.50. The molecule has 0 aliphatic heterocycles. The first kappa shape index (κ1) is 13.2. The topological polar surface area (TPSA) is 25.2 Å². The molecule has 1 heterocycles. The molecule has 0 radical (unpaired) electrons. The Morgan fingerprint density at radius 2 is 1.94 bits per heavy atom. The van der Waals surface area contributed by atoms with Gasteiger partial charge < -0.3 is 9.73 Å². The van der Waals surface area contributed by atoms with Crippen LogP contribution in [-0.4, -0.2) is 0 Å². The summed E-state index contributed by atoms with van der Waals surface area (Å²) in [6, 6.07) is 8.52. The minimum absolute atomic E-state index is 0.232. The number of hydrogen-bond acceptors (Lipinski definition) is 2. The van der Waals surface area contributed by atoms with Crippen molar-refractivity contribution in [3.63, 3.8) is 0 Å². The van der Waals surface area contributed by atoms with E-state index in [1.54, 1.807) is 0 Å². The van der Waals surface area contributed by atoms with Crippen LogP contribution in [0.25, 0.3) is 0 Å². The van der Waals surface area contributed by atoms with Crippen LogP contribution < -0.4 is 5.32 Å². The smallest absolute Gasteiger partial charge is 0.106 e. The molecule has 3 heteroatoms. The van der Waals surface area contributed by atoms with Gasteiger partial charge in [-0.15, -0.1) is 0 Å². The van der Waals surface area contributed by atoms with Crippen LogP contribution in [0.1, 0.15) is 35.6 Å². The second-order valence-electron chi connectivity index (χ2n) is 4.65. The highest BCUT2D eigenvalue weighted by Gasteiger charge is 2.13. The zero-order valence-electron chi connectivity index (χ0n) is 11.2. The van der Waals surface area contributed by atoms with Crippen LogP contribution in [0.4, 0.5) is 5.69 Å². The molecule has 0 fully saturated rings. The first-order chi connectivity index (χ1) is 8.49. The highest BCUT2D eigenvalue weighted by Crippen LogP contribution is 2.29. The number of anilines is 1. The molecular formula is C15H18BrNO. The monoisotopic (exact) mass is 307 g/mol. The van der Waals surface area contributed by atoms with E-state index in [1.807, 2.05) is 19.9 Å². The highest BCUT2D eigenvalue weighted by molar-refractivity contribution is 9.10. The van der Waals surface area contributed by atoms with Crippen LogP contribution in [0.15, 0.2) is 33.2 Å². The maximum Gasteiger partial charge on any atom is 0.106 e. The molecule has 1 aromatic carbocycles. The summed E-state index contributed by atoms with van der Waals surface area (Å²) in [6.07, 6.45) is 0. The number of benzene rings is 1. The first-order valence-electron chi connectivity index (χ1n) is 6.07. The van der Waals surface area contributed by atoms with Crippen LogP contribution in [0, 0.1) is 20.8 Å². The summed E-state index contributed by atoms with van der Waals surface area (Å²) in [5.74, 6) is 1.95. The number of halogens is 1. The third kappa shape index (κ3) is 2.61. The lowest BCUT2D eigenvalue weighted by Gasteiger charge is -2.17. The highest BCUT2D eigenvalue weighted by atomic mass is 79.9. The van der Waals surface area contributed by atoms with E-state index in [0.29, 0.717) is 0 Å². The van der Waals surface area contributed by atoms with Gasteiger partial charge in [0.1, 0.15) is 11.5 Å². The summed E-state index contributed by atoms with van der Waals surface area (Å²) in [5.41, 5.74) is 3.59. The van der Waals surface area contributed by atoms with E-state index in [0.717, 1.165) is 21.7 Å². The minimum atomic E-state index is 0.232. The molecular weight excluding hydrogens is 290 g/mol. The first-order valence-corrected chi connectivity index (χ1v) is 6.87. The molecule has 0 bridgehead atoms. The zero-order chi connectivity index (χ0) is 13.3. The van der Waals surface area contributed by atoms with Crippen LogP contribution in [0.5, 0.6) is 0 Å². The molecule has 2 rings (SSSR count). The Kier molecular flexibility index (Phi) is 3.81. The molecule has 1 N–H and O–H groups in total. The molecule has 2 aromatic rings. The Balaban J connectivity index is 2.24. The Morgan fingerprint density at radius 1 is 1.22 bits per heavy atom. The van der Waals surface area contributed by atoms with Gasteiger partial charge in [-0.1, -0.05) is 22.0 Å². The van der Waals surface area contributed by atoms with Crippen molar-refractivity contribution in [1.29, 1.82) is 0 Å². The molecule has 96 valence electrons. The SMILES string of the molecule is Cc1cc(C(C)Nc2cccc(Br)c2C)c(C)o1.